The van der Waals surface area contributed by atoms with Crippen molar-refractivity contribution in [2.45, 2.75) is 70.3 Å². The fourth-order valence-corrected chi connectivity index (χ4v) is 5.05. The zero-order valence-electron chi connectivity index (χ0n) is 20.3. The van der Waals surface area contributed by atoms with Gasteiger partial charge >= 0.3 is 0 Å². The summed E-state index contributed by atoms with van der Waals surface area (Å²) in [5.41, 5.74) is 1.38. The summed E-state index contributed by atoms with van der Waals surface area (Å²) in [7, 11) is 3.40. The molecule has 2 aliphatic rings. The van der Waals surface area contributed by atoms with E-state index in [1.807, 2.05) is 6.07 Å². The Morgan fingerprint density at radius 1 is 1.06 bits per heavy atom. The lowest BCUT2D eigenvalue weighted by atomic mass is 9.69. The predicted octanol–water partition coefficient (Wildman–Crippen LogP) is 4.99. The summed E-state index contributed by atoms with van der Waals surface area (Å²) < 4.78 is 16.9. The molecule has 0 radical (unpaired) electrons. The van der Waals surface area contributed by atoms with Crippen molar-refractivity contribution in [2.24, 2.45) is 4.99 Å². The zero-order chi connectivity index (χ0) is 22.1. The van der Waals surface area contributed by atoms with Crippen LogP contribution in [-0.2, 0) is 10.2 Å². The van der Waals surface area contributed by atoms with Gasteiger partial charge in [0.25, 0.3) is 0 Å². The smallest absolute Gasteiger partial charge is 0.193 e. The van der Waals surface area contributed by atoms with Crippen LogP contribution in [0.1, 0.15) is 64.4 Å². The van der Waals surface area contributed by atoms with Crippen molar-refractivity contribution in [3.63, 3.8) is 0 Å². The number of guanidine groups is 1. The first-order valence-corrected chi connectivity index (χ1v) is 12.0. The highest BCUT2D eigenvalue weighted by Crippen LogP contribution is 2.42. The van der Waals surface area contributed by atoms with Crippen molar-refractivity contribution < 1.29 is 14.2 Å². The van der Waals surface area contributed by atoms with Gasteiger partial charge in [0.2, 0.25) is 0 Å². The Morgan fingerprint density at radius 3 is 2.34 bits per heavy atom. The van der Waals surface area contributed by atoms with Gasteiger partial charge in [0.15, 0.2) is 17.5 Å². The second-order valence-corrected chi connectivity index (χ2v) is 8.72. The minimum Gasteiger partial charge on any atom is -0.493 e. The largest absolute Gasteiger partial charge is 0.493 e. The maximum absolute atomic E-state index is 5.83. The first kappa shape index (κ1) is 27.0. The molecule has 1 saturated heterocycles. The molecular weight excluding hydrogens is 517 g/mol. The molecule has 1 saturated carbocycles. The Bertz CT molecular complexity index is 714. The minimum absolute atomic E-state index is 0. The lowest BCUT2D eigenvalue weighted by Crippen LogP contribution is -2.47. The molecule has 3 rings (SSSR count). The van der Waals surface area contributed by atoms with Crippen molar-refractivity contribution in [3.8, 4) is 11.5 Å². The van der Waals surface area contributed by atoms with E-state index in [2.05, 4.69) is 36.2 Å². The highest BCUT2D eigenvalue weighted by Gasteiger charge is 2.35. The molecule has 1 N–H and O–H groups in total. The Morgan fingerprint density at radius 2 is 1.75 bits per heavy atom. The molecule has 6 nitrogen and oxygen atoms in total. The van der Waals surface area contributed by atoms with Gasteiger partial charge in [-0.25, -0.2) is 0 Å². The van der Waals surface area contributed by atoms with E-state index in [-0.39, 0.29) is 29.4 Å². The minimum atomic E-state index is 0. The van der Waals surface area contributed by atoms with Gasteiger partial charge in [-0.15, -0.1) is 24.0 Å². The summed E-state index contributed by atoms with van der Waals surface area (Å²) in [6.07, 6.45) is 8.67. The van der Waals surface area contributed by atoms with Gasteiger partial charge in [-0.05, 0) is 57.2 Å². The van der Waals surface area contributed by atoms with Crippen LogP contribution < -0.4 is 14.8 Å². The molecule has 2 fully saturated rings. The van der Waals surface area contributed by atoms with Gasteiger partial charge in [-0.1, -0.05) is 25.3 Å². The van der Waals surface area contributed by atoms with Gasteiger partial charge in [-0.3, -0.25) is 4.99 Å². The Labute approximate surface area is 211 Å². The monoisotopic (exact) mass is 559 g/mol. The van der Waals surface area contributed by atoms with Crippen LogP contribution in [0, 0.1) is 0 Å². The van der Waals surface area contributed by atoms with Crippen LogP contribution in [0.2, 0.25) is 0 Å². The molecule has 182 valence electrons. The first-order chi connectivity index (χ1) is 15.2. The molecule has 1 heterocycles. The summed E-state index contributed by atoms with van der Waals surface area (Å²) in [6.45, 7) is 8.71. The average Bonchev–Trinajstić information content (AvgIpc) is 2.82. The Balaban J connectivity index is 0.00000363. The van der Waals surface area contributed by atoms with Crippen molar-refractivity contribution in [1.82, 2.24) is 10.2 Å². The number of hydrogen-bond donors (Lipinski definition) is 1. The van der Waals surface area contributed by atoms with Crippen LogP contribution in [0.3, 0.4) is 0 Å². The number of ether oxygens (including phenoxy) is 3. The number of nitrogens with one attached hydrogen (secondary N) is 1. The molecule has 0 amide bonds. The lowest BCUT2D eigenvalue weighted by Gasteiger charge is -2.38. The Hall–Kier alpha value is -1.22. The number of likely N-dealkylation sites (tertiary alicyclic amines) is 1. The third-order valence-electron chi connectivity index (χ3n) is 6.82. The molecule has 1 aliphatic heterocycles. The van der Waals surface area contributed by atoms with Gasteiger partial charge < -0.3 is 24.4 Å². The zero-order valence-corrected chi connectivity index (χ0v) is 22.7. The summed E-state index contributed by atoms with van der Waals surface area (Å²) in [6, 6.07) is 6.42. The number of rotatable bonds is 8. The van der Waals surface area contributed by atoms with Crippen LogP contribution in [0.4, 0.5) is 0 Å². The van der Waals surface area contributed by atoms with E-state index in [1.165, 1.54) is 24.8 Å². The average molecular weight is 560 g/mol. The van der Waals surface area contributed by atoms with E-state index in [4.69, 9.17) is 19.2 Å². The van der Waals surface area contributed by atoms with Crippen LogP contribution >= 0.6 is 24.0 Å². The summed E-state index contributed by atoms with van der Waals surface area (Å²) in [4.78, 5) is 7.60. The number of nitrogens with zero attached hydrogens (tertiary/aromatic N) is 2. The van der Waals surface area contributed by atoms with Crippen molar-refractivity contribution in [2.75, 3.05) is 47.0 Å². The fraction of sp³-hybridized carbons (Fsp3) is 0.720. The lowest BCUT2D eigenvalue weighted by molar-refractivity contribution is 0.0263. The molecule has 1 aromatic carbocycles. The molecule has 0 aromatic heterocycles. The van der Waals surface area contributed by atoms with Gasteiger partial charge in [-0.2, -0.15) is 0 Å². The standard InChI is InChI=1S/C25H41N3O3.HI/c1-5-26-24(28-16-12-21(13-17-28)31-6-2)27-19-25(14-8-7-9-15-25)20-10-11-22(29-3)23(18-20)30-4;/h10-11,18,21H,5-9,12-17,19H2,1-4H3,(H,26,27);1H. The van der Waals surface area contributed by atoms with E-state index in [0.29, 0.717) is 6.10 Å². The molecular formula is C25H42IN3O3. The molecule has 1 aromatic rings. The molecule has 0 spiro atoms. The molecule has 7 heteroatoms. The van der Waals surface area contributed by atoms with Crippen LogP contribution in [0.15, 0.2) is 23.2 Å². The fourth-order valence-electron chi connectivity index (χ4n) is 5.05. The number of benzene rings is 1. The first-order valence-electron chi connectivity index (χ1n) is 12.0. The Kier molecular flexibility index (Phi) is 11.4. The normalized spacial score (nSPS) is 19.2. The number of methoxy groups -OCH3 is 2. The summed E-state index contributed by atoms with van der Waals surface area (Å²) >= 11 is 0. The third kappa shape index (κ3) is 6.65. The molecule has 0 unspecified atom stereocenters. The summed E-state index contributed by atoms with van der Waals surface area (Å²) in [5, 5.41) is 3.54. The van der Waals surface area contributed by atoms with Gasteiger partial charge in [0, 0.05) is 31.7 Å². The number of hydrogen-bond acceptors (Lipinski definition) is 4. The second kappa shape index (κ2) is 13.5. The topological polar surface area (TPSA) is 55.3 Å². The summed E-state index contributed by atoms with van der Waals surface area (Å²) in [5.74, 6) is 2.63. The molecule has 0 atom stereocenters. The third-order valence-corrected chi connectivity index (χ3v) is 6.82. The van der Waals surface area contributed by atoms with Crippen molar-refractivity contribution in [3.05, 3.63) is 23.8 Å². The maximum Gasteiger partial charge on any atom is 0.193 e. The van der Waals surface area contributed by atoms with Crippen molar-refractivity contribution in [1.29, 1.82) is 0 Å². The van der Waals surface area contributed by atoms with Gasteiger partial charge in [0.05, 0.1) is 26.9 Å². The van der Waals surface area contributed by atoms with E-state index in [9.17, 15) is 0 Å². The van der Waals surface area contributed by atoms with Crippen LogP contribution in [0.5, 0.6) is 11.5 Å². The number of piperidine rings is 1. The van der Waals surface area contributed by atoms with Crippen LogP contribution in [-0.4, -0.2) is 64.0 Å². The molecule has 32 heavy (non-hydrogen) atoms. The van der Waals surface area contributed by atoms with E-state index >= 15 is 0 Å². The van der Waals surface area contributed by atoms with Crippen molar-refractivity contribution >= 4 is 29.9 Å². The van der Waals surface area contributed by atoms with E-state index in [1.54, 1.807) is 14.2 Å². The highest BCUT2D eigenvalue weighted by atomic mass is 127. The van der Waals surface area contributed by atoms with E-state index in [0.717, 1.165) is 75.9 Å². The maximum atomic E-state index is 5.83. The van der Waals surface area contributed by atoms with Crippen LogP contribution in [0.25, 0.3) is 0 Å². The second-order valence-electron chi connectivity index (χ2n) is 8.72. The quantitative estimate of drug-likeness (QED) is 0.277. The molecule has 1 aliphatic carbocycles. The predicted molar refractivity (Wildman–Crippen MR) is 142 cm³/mol. The number of halogens is 1. The SMILES string of the molecule is CCNC(=NCC1(c2ccc(OC)c(OC)c2)CCCCC1)N1CCC(OCC)CC1.I. The van der Waals surface area contributed by atoms with E-state index < -0.39 is 0 Å². The number of aliphatic imine (C=N–C) groups is 1. The molecule has 0 bridgehead atoms. The highest BCUT2D eigenvalue weighted by molar-refractivity contribution is 14.0. The van der Waals surface area contributed by atoms with Gasteiger partial charge in [0.1, 0.15) is 0 Å².